The summed E-state index contributed by atoms with van der Waals surface area (Å²) in [5, 5.41) is 11.9. The van der Waals surface area contributed by atoms with Crippen LogP contribution in [-0.4, -0.2) is 35.9 Å². The number of carboxylic acid groups (broad SMARTS) is 1. The Balaban J connectivity index is 1.48. The van der Waals surface area contributed by atoms with Crippen LogP contribution in [-0.2, 0) is 9.53 Å². The summed E-state index contributed by atoms with van der Waals surface area (Å²) in [6.45, 7) is 0.144. The number of hydrogen-bond donors (Lipinski definition) is 2. The number of carbonyl (C=O) groups excluding carboxylic acids is 1. The number of hydrogen-bond acceptors (Lipinski definition) is 5. The minimum absolute atomic E-state index is 0.0778. The van der Waals surface area contributed by atoms with Gasteiger partial charge < -0.3 is 19.9 Å². The first-order valence-corrected chi connectivity index (χ1v) is 9.91. The van der Waals surface area contributed by atoms with E-state index in [0.717, 1.165) is 22.3 Å². The van der Waals surface area contributed by atoms with Crippen molar-refractivity contribution in [3.05, 3.63) is 83.6 Å². The summed E-state index contributed by atoms with van der Waals surface area (Å²) in [5.74, 6) is -0.804. The third-order valence-corrected chi connectivity index (χ3v) is 5.33. The number of fused-ring (bicyclic) bond motifs is 3. The highest BCUT2D eigenvalue weighted by molar-refractivity contribution is 5.79. The van der Waals surface area contributed by atoms with Crippen molar-refractivity contribution in [1.82, 2.24) is 10.3 Å². The number of aliphatic carboxylic acids is 1. The number of nitrogens with zero attached hydrogens (tertiary/aromatic N) is 1. The predicted molar refractivity (Wildman–Crippen MR) is 114 cm³/mol. The van der Waals surface area contributed by atoms with Crippen molar-refractivity contribution in [3.63, 3.8) is 0 Å². The Kier molecular flexibility index (Phi) is 5.84. The number of benzene rings is 2. The number of ether oxygens (including phenoxy) is 2. The average molecular weight is 418 g/mol. The summed E-state index contributed by atoms with van der Waals surface area (Å²) < 4.78 is 10.6. The minimum atomic E-state index is -1.06. The van der Waals surface area contributed by atoms with E-state index in [1.807, 2.05) is 36.4 Å². The molecule has 4 rings (SSSR count). The van der Waals surface area contributed by atoms with Crippen LogP contribution in [0.4, 0.5) is 4.79 Å². The molecule has 1 aliphatic rings. The van der Waals surface area contributed by atoms with Gasteiger partial charge in [0.05, 0.1) is 25.3 Å². The molecule has 7 nitrogen and oxygen atoms in total. The van der Waals surface area contributed by atoms with Crippen LogP contribution in [0, 0.1) is 0 Å². The molecule has 1 aliphatic carbocycles. The van der Waals surface area contributed by atoms with Gasteiger partial charge in [-0.1, -0.05) is 54.6 Å². The second-order valence-corrected chi connectivity index (χ2v) is 7.23. The fourth-order valence-corrected chi connectivity index (χ4v) is 3.93. The van der Waals surface area contributed by atoms with E-state index >= 15 is 0 Å². The predicted octanol–water partition coefficient (Wildman–Crippen LogP) is 4.14. The van der Waals surface area contributed by atoms with Crippen LogP contribution in [0.15, 0.2) is 66.7 Å². The van der Waals surface area contributed by atoms with Crippen LogP contribution >= 0.6 is 0 Å². The molecule has 0 bridgehead atoms. The third-order valence-electron chi connectivity index (χ3n) is 5.33. The smallest absolute Gasteiger partial charge is 0.407 e. The van der Waals surface area contributed by atoms with Gasteiger partial charge in [0.1, 0.15) is 6.61 Å². The summed E-state index contributed by atoms with van der Waals surface area (Å²) in [7, 11) is 1.47. The number of pyridine rings is 1. The van der Waals surface area contributed by atoms with E-state index in [9.17, 15) is 14.7 Å². The van der Waals surface area contributed by atoms with Crippen LogP contribution in [0.1, 0.15) is 35.2 Å². The lowest BCUT2D eigenvalue weighted by Gasteiger charge is -2.19. The molecule has 158 valence electrons. The molecule has 1 aromatic heterocycles. The normalized spacial score (nSPS) is 13.1. The zero-order valence-electron chi connectivity index (χ0n) is 16.9. The molecular formula is C24H22N2O5. The number of methoxy groups -OCH3 is 1. The number of aromatic nitrogens is 1. The van der Waals surface area contributed by atoms with Crippen LogP contribution in [0.5, 0.6) is 5.88 Å². The van der Waals surface area contributed by atoms with Gasteiger partial charge >= 0.3 is 12.1 Å². The Labute approximate surface area is 179 Å². The van der Waals surface area contributed by atoms with Gasteiger partial charge in [-0.2, -0.15) is 0 Å². The maximum Gasteiger partial charge on any atom is 0.407 e. The maximum atomic E-state index is 12.6. The molecule has 0 spiro atoms. The van der Waals surface area contributed by atoms with Gasteiger partial charge in [-0.25, -0.2) is 9.78 Å². The molecule has 7 heteroatoms. The van der Waals surface area contributed by atoms with Crippen LogP contribution < -0.4 is 10.1 Å². The van der Waals surface area contributed by atoms with Gasteiger partial charge in [0, 0.05) is 12.0 Å². The molecule has 1 atom stereocenters. The number of carboxylic acids is 1. The van der Waals surface area contributed by atoms with Gasteiger partial charge in [-0.05, 0) is 28.3 Å². The van der Waals surface area contributed by atoms with Crippen molar-refractivity contribution in [3.8, 4) is 17.0 Å². The number of nitrogens with one attached hydrogen (secondary N) is 1. The van der Waals surface area contributed by atoms with Gasteiger partial charge in [-0.3, -0.25) is 4.79 Å². The number of carbonyl (C=O) groups is 2. The highest BCUT2D eigenvalue weighted by Crippen LogP contribution is 2.44. The first-order valence-electron chi connectivity index (χ1n) is 9.91. The van der Waals surface area contributed by atoms with E-state index in [4.69, 9.17) is 9.47 Å². The zero-order chi connectivity index (χ0) is 21.8. The van der Waals surface area contributed by atoms with Crippen molar-refractivity contribution in [2.24, 2.45) is 0 Å². The highest BCUT2D eigenvalue weighted by atomic mass is 16.5. The summed E-state index contributed by atoms with van der Waals surface area (Å²) in [6.07, 6.45) is -1.03. The maximum absolute atomic E-state index is 12.6. The molecule has 0 radical (unpaired) electrons. The standard InChI is InChI=1S/C24H22N2O5/c1-30-22-12-6-11-20(25-22)21(13-23(27)28)26-24(29)31-14-19-17-9-4-2-7-15(17)16-8-3-5-10-18(16)19/h2-12,19,21H,13-14H2,1H3,(H,26,29)(H,27,28)/t21-/m0/s1. The largest absolute Gasteiger partial charge is 0.481 e. The first-order chi connectivity index (χ1) is 15.1. The van der Waals surface area contributed by atoms with E-state index in [2.05, 4.69) is 22.4 Å². The summed E-state index contributed by atoms with van der Waals surface area (Å²) in [5.41, 5.74) is 4.87. The highest BCUT2D eigenvalue weighted by Gasteiger charge is 2.29. The number of rotatable bonds is 7. The molecule has 2 aromatic carbocycles. The fourth-order valence-electron chi connectivity index (χ4n) is 3.93. The average Bonchev–Trinajstić information content (AvgIpc) is 3.11. The molecular weight excluding hydrogens is 396 g/mol. The molecule has 2 N–H and O–H groups in total. The Morgan fingerprint density at radius 1 is 1.00 bits per heavy atom. The molecule has 0 saturated carbocycles. The Morgan fingerprint density at radius 3 is 2.26 bits per heavy atom. The van der Waals surface area contributed by atoms with Crippen molar-refractivity contribution in [2.75, 3.05) is 13.7 Å². The molecule has 3 aromatic rings. The minimum Gasteiger partial charge on any atom is -0.481 e. The molecule has 1 amide bonds. The Hall–Kier alpha value is -3.87. The van der Waals surface area contributed by atoms with Crippen LogP contribution in [0.25, 0.3) is 11.1 Å². The van der Waals surface area contributed by atoms with E-state index < -0.39 is 18.1 Å². The van der Waals surface area contributed by atoms with Crippen molar-refractivity contribution >= 4 is 12.1 Å². The van der Waals surface area contributed by atoms with E-state index in [0.29, 0.717) is 11.6 Å². The molecule has 31 heavy (non-hydrogen) atoms. The van der Waals surface area contributed by atoms with Crippen molar-refractivity contribution in [2.45, 2.75) is 18.4 Å². The monoisotopic (exact) mass is 418 g/mol. The molecule has 1 heterocycles. The lowest BCUT2D eigenvalue weighted by Crippen LogP contribution is -2.32. The summed E-state index contributed by atoms with van der Waals surface area (Å²) >= 11 is 0. The van der Waals surface area contributed by atoms with Crippen LogP contribution in [0.3, 0.4) is 0 Å². The van der Waals surface area contributed by atoms with Gasteiger partial charge in [0.25, 0.3) is 0 Å². The van der Waals surface area contributed by atoms with Gasteiger partial charge in [-0.15, -0.1) is 0 Å². The van der Waals surface area contributed by atoms with E-state index in [1.54, 1.807) is 18.2 Å². The number of amides is 1. The Morgan fingerprint density at radius 2 is 1.65 bits per heavy atom. The number of alkyl carbamates (subject to hydrolysis) is 1. The molecule has 0 aliphatic heterocycles. The topological polar surface area (TPSA) is 97.8 Å². The third kappa shape index (κ3) is 4.35. The molecule has 0 saturated heterocycles. The fraction of sp³-hybridized carbons (Fsp3) is 0.208. The zero-order valence-corrected chi connectivity index (χ0v) is 16.9. The second kappa shape index (κ2) is 8.87. The summed E-state index contributed by atoms with van der Waals surface area (Å²) in [6, 6.07) is 20.2. The Bertz CT molecular complexity index is 1070. The van der Waals surface area contributed by atoms with E-state index in [-0.39, 0.29) is 18.9 Å². The van der Waals surface area contributed by atoms with Gasteiger partial charge in [0.15, 0.2) is 0 Å². The second-order valence-electron chi connectivity index (χ2n) is 7.23. The summed E-state index contributed by atoms with van der Waals surface area (Å²) in [4.78, 5) is 28.1. The van der Waals surface area contributed by atoms with Crippen molar-refractivity contribution in [1.29, 1.82) is 0 Å². The molecule has 0 fully saturated rings. The lowest BCUT2D eigenvalue weighted by molar-refractivity contribution is -0.137. The quantitative estimate of drug-likeness (QED) is 0.598. The lowest BCUT2D eigenvalue weighted by atomic mass is 9.98. The van der Waals surface area contributed by atoms with Crippen LogP contribution in [0.2, 0.25) is 0 Å². The molecule has 0 unspecified atom stereocenters. The van der Waals surface area contributed by atoms with E-state index in [1.165, 1.54) is 7.11 Å². The van der Waals surface area contributed by atoms with Crippen molar-refractivity contribution < 1.29 is 24.2 Å². The first kappa shape index (κ1) is 20.4. The SMILES string of the molecule is COc1cccc([C@H](CC(=O)O)NC(=O)OCC2c3ccccc3-c3ccccc32)n1. The van der Waals surface area contributed by atoms with Gasteiger partial charge in [0.2, 0.25) is 5.88 Å².